The lowest BCUT2D eigenvalue weighted by atomic mass is 10.2. The van der Waals surface area contributed by atoms with Crippen LogP contribution in [0.15, 0.2) is 46.9 Å². The smallest absolute Gasteiger partial charge is 0.300 e. The molecule has 0 spiro atoms. The molecule has 1 heterocycles. The first-order valence-electron chi connectivity index (χ1n) is 6.01. The SMILES string of the molecule is Cc1ccc(Nc2nc3ccccc3o2)c([N+](=O)[O-])c1. The van der Waals surface area contributed by atoms with Gasteiger partial charge in [0.25, 0.3) is 11.7 Å². The average molecular weight is 269 g/mol. The Labute approximate surface area is 114 Å². The Kier molecular flexibility index (Phi) is 2.83. The molecular formula is C14H11N3O3. The Morgan fingerprint density at radius 2 is 2.05 bits per heavy atom. The minimum absolute atomic E-state index is 0.00717. The van der Waals surface area contributed by atoms with Gasteiger partial charge in [0, 0.05) is 6.07 Å². The van der Waals surface area contributed by atoms with Crippen LogP contribution in [0.25, 0.3) is 11.1 Å². The number of aromatic nitrogens is 1. The molecule has 2 aromatic carbocycles. The maximum absolute atomic E-state index is 11.1. The zero-order chi connectivity index (χ0) is 14.1. The Balaban J connectivity index is 2.00. The summed E-state index contributed by atoms with van der Waals surface area (Å²) in [6.07, 6.45) is 0. The van der Waals surface area contributed by atoms with E-state index < -0.39 is 4.92 Å². The molecule has 0 amide bonds. The second kappa shape index (κ2) is 4.65. The molecule has 0 radical (unpaired) electrons. The number of nitro groups is 1. The van der Waals surface area contributed by atoms with Gasteiger partial charge in [-0.25, -0.2) is 0 Å². The second-order valence-electron chi connectivity index (χ2n) is 4.39. The molecule has 100 valence electrons. The van der Waals surface area contributed by atoms with Crippen LogP contribution in [-0.2, 0) is 0 Å². The highest BCUT2D eigenvalue weighted by molar-refractivity contribution is 5.76. The van der Waals surface area contributed by atoms with E-state index in [-0.39, 0.29) is 11.7 Å². The first-order chi connectivity index (χ1) is 9.63. The molecule has 0 aliphatic rings. The van der Waals surface area contributed by atoms with E-state index in [1.54, 1.807) is 25.1 Å². The summed E-state index contributed by atoms with van der Waals surface area (Å²) < 4.78 is 5.49. The summed E-state index contributed by atoms with van der Waals surface area (Å²) in [5.41, 5.74) is 2.49. The number of aryl methyl sites for hydroxylation is 1. The quantitative estimate of drug-likeness (QED) is 0.578. The van der Waals surface area contributed by atoms with E-state index in [4.69, 9.17) is 4.42 Å². The van der Waals surface area contributed by atoms with Crippen LogP contribution in [0.5, 0.6) is 0 Å². The summed E-state index contributed by atoms with van der Waals surface area (Å²) in [6, 6.07) is 12.5. The van der Waals surface area contributed by atoms with Gasteiger partial charge in [-0.1, -0.05) is 18.2 Å². The highest BCUT2D eigenvalue weighted by Crippen LogP contribution is 2.29. The molecule has 0 bridgehead atoms. The van der Waals surface area contributed by atoms with Crippen molar-refractivity contribution in [2.24, 2.45) is 0 Å². The lowest BCUT2D eigenvalue weighted by Crippen LogP contribution is -1.97. The van der Waals surface area contributed by atoms with Crippen LogP contribution in [0.3, 0.4) is 0 Å². The van der Waals surface area contributed by atoms with Gasteiger partial charge in [-0.3, -0.25) is 10.1 Å². The summed E-state index contributed by atoms with van der Waals surface area (Å²) in [6.45, 7) is 1.80. The minimum atomic E-state index is -0.433. The maximum Gasteiger partial charge on any atom is 0.300 e. The van der Waals surface area contributed by atoms with Gasteiger partial charge in [-0.15, -0.1) is 0 Å². The first kappa shape index (κ1) is 12.2. The van der Waals surface area contributed by atoms with E-state index in [2.05, 4.69) is 10.3 Å². The van der Waals surface area contributed by atoms with Crippen molar-refractivity contribution in [2.75, 3.05) is 5.32 Å². The van der Waals surface area contributed by atoms with Crippen LogP contribution in [0.4, 0.5) is 17.4 Å². The Hall–Kier alpha value is -2.89. The van der Waals surface area contributed by atoms with Gasteiger partial charge in [-0.05, 0) is 30.7 Å². The Morgan fingerprint density at radius 1 is 1.25 bits per heavy atom. The number of nitrogens with one attached hydrogen (secondary N) is 1. The molecule has 0 fully saturated rings. The molecule has 0 saturated heterocycles. The summed E-state index contributed by atoms with van der Waals surface area (Å²) >= 11 is 0. The maximum atomic E-state index is 11.1. The molecule has 3 rings (SSSR count). The van der Waals surface area contributed by atoms with Crippen LogP contribution >= 0.6 is 0 Å². The van der Waals surface area contributed by atoms with E-state index in [1.165, 1.54) is 6.07 Å². The fourth-order valence-electron chi connectivity index (χ4n) is 1.94. The Morgan fingerprint density at radius 3 is 2.80 bits per heavy atom. The molecule has 0 unspecified atom stereocenters. The number of nitro benzene ring substituents is 1. The summed E-state index contributed by atoms with van der Waals surface area (Å²) in [5.74, 6) is 0. The Bertz CT molecular complexity index is 762. The minimum Gasteiger partial charge on any atom is -0.423 e. The fraction of sp³-hybridized carbons (Fsp3) is 0.0714. The highest BCUT2D eigenvalue weighted by Gasteiger charge is 2.15. The molecule has 0 aliphatic carbocycles. The van der Waals surface area contributed by atoms with Crippen LogP contribution < -0.4 is 5.32 Å². The number of hydrogen-bond acceptors (Lipinski definition) is 5. The predicted octanol–water partition coefficient (Wildman–Crippen LogP) is 3.79. The van der Waals surface area contributed by atoms with Gasteiger partial charge in [0.15, 0.2) is 5.58 Å². The topological polar surface area (TPSA) is 81.2 Å². The lowest BCUT2D eigenvalue weighted by molar-refractivity contribution is -0.384. The summed E-state index contributed by atoms with van der Waals surface area (Å²) in [4.78, 5) is 14.8. The number of para-hydroxylation sites is 2. The number of benzene rings is 2. The third-order valence-electron chi connectivity index (χ3n) is 2.89. The van der Waals surface area contributed by atoms with Crippen LogP contribution in [-0.4, -0.2) is 9.91 Å². The third kappa shape index (κ3) is 2.18. The van der Waals surface area contributed by atoms with Crippen molar-refractivity contribution in [1.29, 1.82) is 0 Å². The van der Waals surface area contributed by atoms with E-state index in [0.717, 1.165) is 5.56 Å². The molecule has 1 aromatic heterocycles. The van der Waals surface area contributed by atoms with Crippen molar-refractivity contribution >= 4 is 28.5 Å². The number of anilines is 2. The average Bonchev–Trinajstić information content (AvgIpc) is 2.82. The molecule has 6 heteroatoms. The number of rotatable bonds is 3. The largest absolute Gasteiger partial charge is 0.423 e. The van der Waals surface area contributed by atoms with Crippen molar-refractivity contribution in [2.45, 2.75) is 6.92 Å². The first-order valence-corrected chi connectivity index (χ1v) is 6.01. The van der Waals surface area contributed by atoms with Gasteiger partial charge in [-0.2, -0.15) is 4.98 Å². The van der Waals surface area contributed by atoms with Crippen molar-refractivity contribution in [3.63, 3.8) is 0 Å². The molecule has 20 heavy (non-hydrogen) atoms. The normalized spacial score (nSPS) is 10.7. The summed E-state index contributed by atoms with van der Waals surface area (Å²) in [7, 11) is 0. The van der Waals surface area contributed by atoms with Gasteiger partial charge in [0.1, 0.15) is 11.2 Å². The standard InChI is InChI=1S/C14H11N3O3/c1-9-6-7-10(12(8-9)17(18)19)15-14-16-11-4-2-3-5-13(11)20-14/h2-8H,1H3,(H,15,16). The molecule has 0 saturated carbocycles. The second-order valence-corrected chi connectivity index (χ2v) is 4.39. The van der Waals surface area contributed by atoms with Crippen LogP contribution in [0.2, 0.25) is 0 Å². The predicted molar refractivity (Wildman–Crippen MR) is 75.1 cm³/mol. The molecule has 6 nitrogen and oxygen atoms in total. The van der Waals surface area contributed by atoms with Crippen molar-refractivity contribution in [3.05, 3.63) is 58.1 Å². The zero-order valence-electron chi connectivity index (χ0n) is 10.7. The number of nitrogens with zero attached hydrogens (tertiary/aromatic N) is 2. The zero-order valence-corrected chi connectivity index (χ0v) is 10.7. The van der Waals surface area contributed by atoms with Gasteiger partial charge in [0.05, 0.1) is 4.92 Å². The fourth-order valence-corrected chi connectivity index (χ4v) is 1.94. The lowest BCUT2D eigenvalue weighted by Gasteiger charge is -2.03. The number of fused-ring (bicyclic) bond motifs is 1. The van der Waals surface area contributed by atoms with Crippen LogP contribution in [0.1, 0.15) is 5.56 Å². The number of oxazole rings is 1. The van der Waals surface area contributed by atoms with E-state index >= 15 is 0 Å². The summed E-state index contributed by atoms with van der Waals surface area (Å²) in [5, 5.41) is 13.9. The molecular weight excluding hydrogens is 258 g/mol. The molecule has 3 aromatic rings. The number of hydrogen-bond donors (Lipinski definition) is 1. The van der Waals surface area contributed by atoms with E-state index in [1.807, 2.05) is 18.2 Å². The van der Waals surface area contributed by atoms with Gasteiger partial charge >= 0.3 is 0 Å². The molecule has 0 atom stereocenters. The highest BCUT2D eigenvalue weighted by atomic mass is 16.6. The van der Waals surface area contributed by atoms with Crippen molar-refractivity contribution in [1.82, 2.24) is 4.98 Å². The van der Waals surface area contributed by atoms with E-state index in [9.17, 15) is 10.1 Å². The molecule has 1 N–H and O–H groups in total. The van der Waals surface area contributed by atoms with Gasteiger partial charge in [0.2, 0.25) is 0 Å². The van der Waals surface area contributed by atoms with E-state index in [0.29, 0.717) is 16.8 Å². The third-order valence-corrected chi connectivity index (χ3v) is 2.89. The monoisotopic (exact) mass is 269 g/mol. The van der Waals surface area contributed by atoms with Crippen molar-refractivity contribution < 1.29 is 9.34 Å². The van der Waals surface area contributed by atoms with Gasteiger partial charge < -0.3 is 9.73 Å². The van der Waals surface area contributed by atoms with Crippen molar-refractivity contribution in [3.8, 4) is 0 Å². The molecule has 0 aliphatic heterocycles. The van der Waals surface area contributed by atoms with Crippen LogP contribution in [0, 0.1) is 17.0 Å².